The third-order valence-corrected chi connectivity index (χ3v) is 4.15. The normalized spacial score (nSPS) is 12.5. The van der Waals surface area contributed by atoms with E-state index in [0.717, 1.165) is 23.8 Å². The van der Waals surface area contributed by atoms with Crippen LogP contribution in [0.1, 0.15) is 46.7 Å². The maximum absolute atomic E-state index is 4.46. The molecule has 0 aliphatic carbocycles. The lowest BCUT2D eigenvalue weighted by Crippen LogP contribution is -2.09. The predicted octanol–water partition coefficient (Wildman–Crippen LogP) is 4.20. The summed E-state index contributed by atoms with van der Waals surface area (Å²) in [7, 11) is 0. The van der Waals surface area contributed by atoms with Gasteiger partial charge in [-0.05, 0) is 45.7 Å². The number of hydrogen-bond donors (Lipinski definition) is 1. The van der Waals surface area contributed by atoms with Crippen molar-refractivity contribution in [3.05, 3.63) is 39.0 Å². The number of aryl methyl sites for hydroxylation is 4. The van der Waals surface area contributed by atoms with Crippen molar-refractivity contribution in [1.82, 2.24) is 9.97 Å². The smallest absolute Gasteiger partial charge is 0.130 e. The molecule has 2 heterocycles. The average molecular weight is 275 g/mol. The van der Waals surface area contributed by atoms with E-state index in [1.165, 1.54) is 15.3 Å². The van der Waals surface area contributed by atoms with Gasteiger partial charge < -0.3 is 5.32 Å². The largest absolute Gasteiger partial charge is 0.363 e. The SMILES string of the molecule is CCc1cc(NC(C)c2cc(C)sc2C)nc(C)n1. The molecule has 102 valence electrons. The highest BCUT2D eigenvalue weighted by molar-refractivity contribution is 7.12. The Labute approximate surface area is 119 Å². The first-order chi connectivity index (χ1) is 8.99. The van der Waals surface area contributed by atoms with E-state index in [1.54, 1.807) is 0 Å². The standard InChI is InChI=1S/C15H21N3S/c1-6-13-8-15(18-12(5)17-13)16-10(3)14-7-9(2)19-11(14)4/h7-8,10H,6H2,1-5H3,(H,16,17,18). The van der Waals surface area contributed by atoms with Gasteiger partial charge in [-0.25, -0.2) is 9.97 Å². The summed E-state index contributed by atoms with van der Waals surface area (Å²) in [5, 5.41) is 3.48. The number of aromatic nitrogens is 2. The van der Waals surface area contributed by atoms with Crippen LogP contribution in [0.4, 0.5) is 5.82 Å². The van der Waals surface area contributed by atoms with Crippen LogP contribution in [-0.4, -0.2) is 9.97 Å². The van der Waals surface area contributed by atoms with E-state index < -0.39 is 0 Å². The Morgan fingerprint density at radius 1 is 1.21 bits per heavy atom. The topological polar surface area (TPSA) is 37.8 Å². The number of anilines is 1. The van der Waals surface area contributed by atoms with Crippen LogP contribution in [0.2, 0.25) is 0 Å². The number of rotatable bonds is 4. The van der Waals surface area contributed by atoms with E-state index in [9.17, 15) is 0 Å². The number of thiophene rings is 1. The molecule has 19 heavy (non-hydrogen) atoms. The van der Waals surface area contributed by atoms with E-state index in [2.05, 4.69) is 49.0 Å². The minimum atomic E-state index is 0.268. The molecule has 0 aliphatic rings. The summed E-state index contributed by atoms with van der Waals surface area (Å²) in [5.74, 6) is 1.74. The molecular formula is C15H21N3S. The van der Waals surface area contributed by atoms with Crippen molar-refractivity contribution in [2.45, 2.75) is 47.1 Å². The van der Waals surface area contributed by atoms with Gasteiger partial charge in [0.15, 0.2) is 0 Å². The van der Waals surface area contributed by atoms with E-state index in [-0.39, 0.29) is 6.04 Å². The molecule has 0 radical (unpaired) electrons. The van der Waals surface area contributed by atoms with E-state index in [4.69, 9.17) is 0 Å². The summed E-state index contributed by atoms with van der Waals surface area (Å²) in [6.07, 6.45) is 0.934. The molecule has 1 unspecified atom stereocenters. The summed E-state index contributed by atoms with van der Waals surface area (Å²) >= 11 is 1.85. The molecule has 0 amide bonds. The van der Waals surface area contributed by atoms with E-state index in [0.29, 0.717) is 0 Å². The Hall–Kier alpha value is -1.42. The van der Waals surface area contributed by atoms with Crippen LogP contribution in [-0.2, 0) is 6.42 Å². The Bertz CT molecular complexity index is 575. The summed E-state index contributed by atoms with van der Waals surface area (Å²) in [6, 6.07) is 4.56. The van der Waals surface area contributed by atoms with Crippen LogP contribution in [0.5, 0.6) is 0 Å². The maximum Gasteiger partial charge on any atom is 0.130 e. The minimum Gasteiger partial charge on any atom is -0.363 e. The van der Waals surface area contributed by atoms with Gasteiger partial charge in [-0.1, -0.05) is 6.92 Å². The molecule has 0 fully saturated rings. The van der Waals surface area contributed by atoms with Crippen molar-refractivity contribution in [3.63, 3.8) is 0 Å². The van der Waals surface area contributed by atoms with Gasteiger partial charge in [0, 0.05) is 21.5 Å². The molecule has 4 heteroatoms. The van der Waals surface area contributed by atoms with Crippen molar-refractivity contribution < 1.29 is 0 Å². The highest BCUT2D eigenvalue weighted by Crippen LogP contribution is 2.28. The first-order valence-corrected chi connectivity index (χ1v) is 7.49. The predicted molar refractivity (Wildman–Crippen MR) is 82.0 cm³/mol. The fourth-order valence-corrected chi connectivity index (χ4v) is 3.29. The molecule has 2 rings (SSSR count). The van der Waals surface area contributed by atoms with Gasteiger partial charge >= 0.3 is 0 Å². The van der Waals surface area contributed by atoms with Crippen LogP contribution in [0, 0.1) is 20.8 Å². The van der Waals surface area contributed by atoms with Crippen molar-refractivity contribution >= 4 is 17.2 Å². The molecule has 0 spiro atoms. The molecule has 0 aromatic carbocycles. The summed E-state index contributed by atoms with van der Waals surface area (Å²) in [4.78, 5) is 11.6. The van der Waals surface area contributed by atoms with Gasteiger partial charge in [-0.15, -0.1) is 11.3 Å². The zero-order valence-corrected chi connectivity index (χ0v) is 13.1. The fourth-order valence-electron chi connectivity index (χ4n) is 2.26. The van der Waals surface area contributed by atoms with Crippen LogP contribution in [0.25, 0.3) is 0 Å². The van der Waals surface area contributed by atoms with E-state index >= 15 is 0 Å². The monoisotopic (exact) mass is 275 g/mol. The zero-order valence-electron chi connectivity index (χ0n) is 12.2. The van der Waals surface area contributed by atoms with Crippen molar-refractivity contribution in [2.75, 3.05) is 5.32 Å². The maximum atomic E-state index is 4.46. The Balaban J connectivity index is 2.21. The van der Waals surface area contributed by atoms with Gasteiger partial charge in [0.2, 0.25) is 0 Å². The highest BCUT2D eigenvalue weighted by atomic mass is 32.1. The van der Waals surface area contributed by atoms with Gasteiger partial charge in [-0.2, -0.15) is 0 Å². The quantitative estimate of drug-likeness (QED) is 0.908. The summed E-state index contributed by atoms with van der Waals surface area (Å²) in [5.41, 5.74) is 2.44. The van der Waals surface area contributed by atoms with Crippen LogP contribution >= 0.6 is 11.3 Å². The lowest BCUT2D eigenvalue weighted by atomic mass is 10.1. The second kappa shape index (κ2) is 5.70. The highest BCUT2D eigenvalue weighted by Gasteiger charge is 2.12. The number of nitrogens with one attached hydrogen (secondary N) is 1. The molecule has 0 saturated heterocycles. The first kappa shape index (κ1) is 14.0. The number of nitrogens with zero attached hydrogens (tertiary/aromatic N) is 2. The molecule has 3 nitrogen and oxygen atoms in total. The van der Waals surface area contributed by atoms with Gasteiger partial charge in [0.25, 0.3) is 0 Å². The molecule has 1 N–H and O–H groups in total. The van der Waals surface area contributed by atoms with Gasteiger partial charge in [0.05, 0.1) is 6.04 Å². The lowest BCUT2D eigenvalue weighted by molar-refractivity contribution is 0.856. The molecule has 0 aliphatic heterocycles. The number of hydrogen-bond acceptors (Lipinski definition) is 4. The second-order valence-electron chi connectivity index (χ2n) is 4.88. The van der Waals surface area contributed by atoms with Crippen molar-refractivity contribution in [1.29, 1.82) is 0 Å². The Kier molecular flexibility index (Phi) is 4.20. The fraction of sp³-hybridized carbons (Fsp3) is 0.467. The van der Waals surface area contributed by atoms with Crippen LogP contribution in [0.3, 0.4) is 0 Å². The summed E-state index contributed by atoms with van der Waals surface area (Å²) in [6.45, 7) is 10.6. The zero-order chi connectivity index (χ0) is 14.0. The molecule has 0 saturated carbocycles. The third-order valence-electron chi connectivity index (χ3n) is 3.16. The Morgan fingerprint density at radius 3 is 2.53 bits per heavy atom. The Morgan fingerprint density at radius 2 is 1.95 bits per heavy atom. The first-order valence-electron chi connectivity index (χ1n) is 6.67. The third kappa shape index (κ3) is 3.32. The van der Waals surface area contributed by atoms with Crippen LogP contribution < -0.4 is 5.32 Å². The lowest BCUT2D eigenvalue weighted by Gasteiger charge is -2.15. The van der Waals surface area contributed by atoms with Crippen molar-refractivity contribution in [3.8, 4) is 0 Å². The molecule has 1 atom stereocenters. The second-order valence-corrected chi connectivity index (χ2v) is 6.34. The minimum absolute atomic E-state index is 0.268. The van der Waals surface area contributed by atoms with Crippen LogP contribution in [0.15, 0.2) is 12.1 Å². The van der Waals surface area contributed by atoms with Gasteiger partial charge in [-0.3, -0.25) is 0 Å². The van der Waals surface area contributed by atoms with Gasteiger partial charge in [0.1, 0.15) is 11.6 Å². The molecule has 2 aromatic heterocycles. The summed E-state index contributed by atoms with van der Waals surface area (Å²) < 4.78 is 0. The van der Waals surface area contributed by atoms with Crippen molar-refractivity contribution in [2.24, 2.45) is 0 Å². The molecule has 0 bridgehead atoms. The molecule has 2 aromatic rings. The average Bonchev–Trinajstić information content (AvgIpc) is 2.67. The molecular weight excluding hydrogens is 254 g/mol. The van der Waals surface area contributed by atoms with E-state index in [1.807, 2.05) is 24.3 Å².